The van der Waals surface area contributed by atoms with Crippen molar-refractivity contribution in [2.45, 2.75) is 103 Å². The summed E-state index contributed by atoms with van der Waals surface area (Å²) in [6.45, 7) is 14.9. The topological polar surface area (TPSA) is 198 Å². The number of esters is 6. The van der Waals surface area contributed by atoms with E-state index >= 15 is 0 Å². The molecule has 14 nitrogen and oxygen atoms in total. The van der Waals surface area contributed by atoms with Gasteiger partial charge in [0.15, 0.2) is 18.3 Å². The van der Waals surface area contributed by atoms with Crippen molar-refractivity contribution >= 4 is 35.8 Å². The van der Waals surface area contributed by atoms with E-state index in [0.717, 1.165) is 0 Å². The molecule has 2 N–H and O–H groups in total. The highest BCUT2D eigenvalue weighted by Crippen LogP contribution is 2.08. The third-order valence-electron chi connectivity index (χ3n) is 3.80. The summed E-state index contributed by atoms with van der Waals surface area (Å²) < 4.78 is 27.7. The van der Waals surface area contributed by atoms with Crippen LogP contribution in [0.25, 0.3) is 0 Å². The van der Waals surface area contributed by atoms with Crippen LogP contribution in [0, 0.1) is 0 Å². The molecular formula is C29H56O14. The Bertz CT molecular complexity index is 843. The second kappa shape index (κ2) is 29.7. The van der Waals surface area contributed by atoms with Gasteiger partial charge in [-0.2, -0.15) is 0 Å². The highest BCUT2D eigenvalue weighted by molar-refractivity contribution is 5.87. The molecule has 1 aliphatic heterocycles. The zero-order valence-electron chi connectivity index (χ0n) is 22.3. The van der Waals surface area contributed by atoms with Gasteiger partial charge in [0.25, 0.3) is 0 Å². The van der Waals surface area contributed by atoms with Gasteiger partial charge in [0, 0.05) is 11.1 Å². The highest BCUT2D eigenvalue weighted by atomic mass is 16.6. The van der Waals surface area contributed by atoms with E-state index in [0.29, 0.717) is 5.57 Å². The number of hydrogen-bond donors (Lipinski definition) is 2. The minimum Gasteiger partial charge on any atom is -0.460 e. The third kappa shape index (κ3) is 26.8. The predicted octanol–water partition coefficient (Wildman–Crippen LogP) is 3.10. The summed E-state index contributed by atoms with van der Waals surface area (Å²) in [6, 6.07) is 0. The van der Waals surface area contributed by atoms with Gasteiger partial charge >= 0.3 is 35.8 Å². The summed E-state index contributed by atoms with van der Waals surface area (Å²) in [5, 5.41) is 17.1. The summed E-state index contributed by atoms with van der Waals surface area (Å²) in [5.41, 5.74) is 0.592. The molecule has 14 heteroatoms. The highest BCUT2D eigenvalue weighted by Gasteiger charge is 2.32. The smallest absolute Gasteiger partial charge is 0.347 e. The molecule has 0 saturated carbocycles. The van der Waals surface area contributed by atoms with Crippen LogP contribution in [0.4, 0.5) is 0 Å². The van der Waals surface area contributed by atoms with Crippen molar-refractivity contribution in [2.75, 3.05) is 26.4 Å². The van der Waals surface area contributed by atoms with Crippen molar-refractivity contribution in [3.63, 3.8) is 0 Å². The molecule has 0 aromatic carbocycles. The first-order valence-electron chi connectivity index (χ1n) is 11.3. The van der Waals surface area contributed by atoms with Crippen LogP contribution in [-0.4, -0.2) is 96.9 Å². The Morgan fingerprint density at radius 1 is 0.744 bits per heavy atom. The van der Waals surface area contributed by atoms with E-state index in [9.17, 15) is 28.8 Å². The van der Waals surface area contributed by atoms with E-state index in [1.807, 2.05) is 0 Å². The van der Waals surface area contributed by atoms with Crippen LogP contribution in [-0.2, 0) is 57.2 Å². The number of aliphatic hydroxyl groups excluding tert-OH is 2. The monoisotopic (exact) mass is 628 g/mol. The average molecular weight is 629 g/mol. The summed E-state index contributed by atoms with van der Waals surface area (Å²) >= 11 is 0. The molecule has 256 valence electrons. The van der Waals surface area contributed by atoms with E-state index in [1.54, 1.807) is 6.92 Å². The van der Waals surface area contributed by atoms with Gasteiger partial charge < -0.3 is 38.6 Å². The maximum Gasteiger partial charge on any atom is 0.347 e. The van der Waals surface area contributed by atoms with Crippen molar-refractivity contribution in [3.05, 3.63) is 24.3 Å². The largest absolute Gasteiger partial charge is 0.460 e. The second-order valence-corrected chi connectivity index (χ2v) is 7.64. The third-order valence-corrected chi connectivity index (χ3v) is 3.80. The SMILES string of the molecule is C.C.C.C.C.C=C(C)C(=O)OCCO.C=C(C)C(=O)OCCOC(=O)C(C)OC(=O)C(C)O.CC1OC(=O)C(C)OC1=O. The van der Waals surface area contributed by atoms with E-state index in [4.69, 9.17) is 14.9 Å². The summed E-state index contributed by atoms with van der Waals surface area (Å²) in [7, 11) is 0. The molecule has 0 spiro atoms. The van der Waals surface area contributed by atoms with Crippen molar-refractivity contribution in [1.82, 2.24) is 0 Å². The summed E-state index contributed by atoms with van der Waals surface area (Å²) in [6.07, 6.45) is -3.95. The lowest BCUT2D eigenvalue weighted by Crippen LogP contribution is -2.40. The van der Waals surface area contributed by atoms with Gasteiger partial charge in [0.1, 0.15) is 25.9 Å². The number of aliphatic hydroxyl groups is 2. The molecule has 0 aliphatic carbocycles. The predicted molar refractivity (Wildman–Crippen MR) is 162 cm³/mol. The molecule has 0 aromatic rings. The van der Waals surface area contributed by atoms with Gasteiger partial charge in [0.2, 0.25) is 0 Å². The molecule has 43 heavy (non-hydrogen) atoms. The fraction of sp³-hybridized carbons (Fsp3) is 0.655. The summed E-state index contributed by atoms with van der Waals surface area (Å²) in [5.74, 6) is -3.70. The van der Waals surface area contributed by atoms with Crippen LogP contribution >= 0.6 is 0 Å². The Kier molecular flexibility index (Phi) is 38.1. The lowest BCUT2D eigenvalue weighted by Gasteiger charge is -2.22. The van der Waals surface area contributed by atoms with Crippen LogP contribution in [0.5, 0.6) is 0 Å². The van der Waals surface area contributed by atoms with Crippen LogP contribution in [0.1, 0.15) is 78.7 Å². The minimum absolute atomic E-state index is 0. The number of rotatable bonds is 10. The van der Waals surface area contributed by atoms with Crippen molar-refractivity contribution in [2.24, 2.45) is 0 Å². The minimum atomic E-state index is -1.31. The Morgan fingerprint density at radius 2 is 1.09 bits per heavy atom. The van der Waals surface area contributed by atoms with E-state index in [1.165, 1.54) is 34.6 Å². The Morgan fingerprint density at radius 3 is 1.42 bits per heavy atom. The lowest BCUT2D eigenvalue weighted by molar-refractivity contribution is -0.191. The maximum atomic E-state index is 11.3. The molecule has 1 aliphatic rings. The van der Waals surface area contributed by atoms with Gasteiger partial charge in [0.05, 0.1) is 6.61 Å². The Balaban J connectivity index is -0.0000000928. The molecule has 1 rings (SSSR count). The van der Waals surface area contributed by atoms with E-state index < -0.39 is 60.2 Å². The van der Waals surface area contributed by atoms with Gasteiger partial charge in [-0.15, -0.1) is 0 Å². The molecule has 1 fully saturated rings. The number of ether oxygens (including phenoxy) is 6. The van der Waals surface area contributed by atoms with Crippen molar-refractivity contribution in [1.29, 1.82) is 0 Å². The molecule has 0 radical (unpaired) electrons. The quantitative estimate of drug-likeness (QED) is 0.155. The first kappa shape index (κ1) is 55.2. The first-order chi connectivity index (χ1) is 17.5. The fourth-order valence-corrected chi connectivity index (χ4v) is 1.74. The number of carbonyl (C=O) groups excluding carboxylic acids is 6. The Labute approximate surface area is 257 Å². The molecule has 0 aromatic heterocycles. The summed E-state index contributed by atoms with van der Waals surface area (Å²) in [4.78, 5) is 65.1. The van der Waals surface area contributed by atoms with Crippen LogP contribution in [0.3, 0.4) is 0 Å². The average Bonchev–Trinajstić information content (AvgIpc) is 2.84. The Hall–Kier alpha value is -3.78. The number of carbonyl (C=O) groups is 6. The van der Waals surface area contributed by atoms with Gasteiger partial charge in [-0.05, 0) is 41.5 Å². The van der Waals surface area contributed by atoms with Gasteiger partial charge in [-0.3, -0.25) is 0 Å². The standard InChI is InChI=1S/C12H18O7.C6H8O4.C6H10O3.5CH4/c1-7(2)10(14)17-5-6-18-12(16)9(4)19-11(15)8(3)13;1-3-5(7)10-4(2)6(8)9-3;1-5(2)6(8)9-4-3-7;;;;;/h8-9,13H,1,5-6H2,2-4H3;3-4H,1-2H3;7H,1,3-4H2,2H3;5*1H4. The first-order valence-corrected chi connectivity index (χ1v) is 11.3. The fourth-order valence-electron chi connectivity index (χ4n) is 1.74. The second-order valence-electron chi connectivity index (χ2n) is 7.64. The maximum absolute atomic E-state index is 11.3. The number of hydrogen-bond acceptors (Lipinski definition) is 14. The molecule has 4 atom stereocenters. The zero-order chi connectivity index (χ0) is 30.0. The molecule has 0 bridgehead atoms. The molecule has 0 amide bonds. The van der Waals surface area contributed by atoms with Crippen LogP contribution < -0.4 is 0 Å². The van der Waals surface area contributed by atoms with Crippen LogP contribution in [0.2, 0.25) is 0 Å². The normalized spacial score (nSPS) is 15.3. The zero-order valence-corrected chi connectivity index (χ0v) is 22.3. The molecular weight excluding hydrogens is 572 g/mol. The number of cyclic esters (lactones) is 2. The van der Waals surface area contributed by atoms with Crippen molar-refractivity contribution < 1.29 is 67.4 Å². The lowest BCUT2D eigenvalue weighted by atomic mass is 10.3. The molecule has 4 unspecified atom stereocenters. The van der Waals surface area contributed by atoms with Crippen LogP contribution in [0.15, 0.2) is 24.3 Å². The van der Waals surface area contributed by atoms with Crippen molar-refractivity contribution in [3.8, 4) is 0 Å². The van der Waals surface area contributed by atoms with Gasteiger partial charge in [-0.25, -0.2) is 28.8 Å². The van der Waals surface area contributed by atoms with E-state index in [-0.39, 0.29) is 69.1 Å². The molecule has 1 saturated heterocycles. The van der Waals surface area contributed by atoms with E-state index in [2.05, 4.69) is 36.8 Å². The van der Waals surface area contributed by atoms with Gasteiger partial charge in [-0.1, -0.05) is 50.3 Å². The molecule has 1 heterocycles.